The number of hydrogen-bond donors (Lipinski definition) is 1. The molecular formula is C22H28N4O. The molecule has 3 aromatic rings. The van der Waals surface area contributed by atoms with Crippen molar-refractivity contribution >= 4 is 10.9 Å². The standard InChI is InChI=1S/C22H28N4O/c1-3-10-26-14-19(16(2)24-26)13-25-12-18(22(27)15-25)11-17-8-9-23-21-7-5-4-6-20(17)21/h4-9,14,18,22,27H,3,10-13,15H2,1-2H3/t18-,22+/m1/s1. The van der Waals surface area contributed by atoms with Crippen LogP contribution < -0.4 is 0 Å². The Labute approximate surface area is 160 Å². The number of aromatic nitrogens is 3. The predicted octanol–water partition coefficient (Wildman–Crippen LogP) is 3.19. The lowest BCUT2D eigenvalue weighted by Gasteiger charge is -2.16. The van der Waals surface area contributed by atoms with Gasteiger partial charge in [0.1, 0.15) is 0 Å². The fraction of sp³-hybridized carbons (Fsp3) is 0.455. The van der Waals surface area contributed by atoms with Gasteiger partial charge in [0.05, 0.1) is 17.3 Å². The van der Waals surface area contributed by atoms with Crippen LogP contribution in [0.4, 0.5) is 0 Å². The number of pyridine rings is 1. The van der Waals surface area contributed by atoms with Crippen LogP contribution in [-0.4, -0.2) is 44.0 Å². The molecule has 0 bridgehead atoms. The predicted molar refractivity (Wildman–Crippen MR) is 107 cm³/mol. The van der Waals surface area contributed by atoms with Gasteiger partial charge in [-0.25, -0.2) is 0 Å². The molecular weight excluding hydrogens is 336 g/mol. The maximum Gasteiger partial charge on any atom is 0.0710 e. The molecule has 1 saturated heterocycles. The summed E-state index contributed by atoms with van der Waals surface area (Å²) in [7, 11) is 0. The van der Waals surface area contributed by atoms with Gasteiger partial charge in [-0.2, -0.15) is 5.10 Å². The van der Waals surface area contributed by atoms with Gasteiger partial charge < -0.3 is 5.11 Å². The molecule has 1 aliphatic heterocycles. The highest BCUT2D eigenvalue weighted by molar-refractivity contribution is 5.81. The summed E-state index contributed by atoms with van der Waals surface area (Å²) in [6, 6.07) is 10.3. The lowest BCUT2D eigenvalue weighted by atomic mass is 9.94. The molecule has 0 amide bonds. The van der Waals surface area contributed by atoms with E-state index < -0.39 is 0 Å². The summed E-state index contributed by atoms with van der Waals surface area (Å²) >= 11 is 0. The van der Waals surface area contributed by atoms with Gasteiger partial charge in [0, 0.05) is 55.4 Å². The average molecular weight is 364 g/mol. The van der Waals surface area contributed by atoms with E-state index in [-0.39, 0.29) is 12.0 Å². The number of rotatable bonds is 6. The molecule has 3 heterocycles. The Kier molecular flexibility index (Phi) is 5.23. The Bertz CT molecular complexity index is 914. The second kappa shape index (κ2) is 7.79. The molecule has 0 spiro atoms. The van der Waals surface area contributed by atoms with Crippen molar-refractivity contribution in [1.82, 2.24) is 19.7 Å². The van der Waals surface area contributed by atoms with Crippen molar-refractivity contribution in [2.45, 2.75) is 45.9 Å². The molecule has 5 nitrogen and oxygen atoms in total. The minimum atomic E-state index is -0.289. The number of aliphatic hydroxyl groups is 1. The lowest BCUT2D eigenvalue weighted by Crippen LogP contribution is -2.21. The summed E-state index contributed by atoms with van der Waals surface area (Å²) in [5.74, 6) is 0.252. The van der Waals surface area contributed by atoms with Crippen LogP contribution in [0.1, 0.15) is 30.2 Å². The highest BCUT2D eigenvalue weighted by Crippen LogP contribution is 2.26. The van der Waals surface area contributed by atoms with Crippen LogP contribution in [0.25, 0.3) is 10.9 Å². The van der Waals surface area contributed by atoms with Crippen LogP contribution in [0.15, 0.2) is 42.7 Å². The Morgan fingerprint density at radius 1 is 1.15 bits per heavy atom. The number of benzene rings is 1. The molecule has 0 radical (unpaired) electrons. The average Bonchev–Trinajstić information content (AvgIpc) is 3.18. The molecule has 0 unspecified atom stereocenters. The maximum atomic E-state index is 10.7. The highest BCUT2D eigenvalue weighted by atomic mass is 16.3. The molecule has 0 aliphatic carbocycles. The Balaban J connectivity index is 1.45. The Hall–Kier alpha value is -2.24. The SMILES string of the molecule is CCCn1cc(CN2C[C@@H](Cc3ccnc4ccccc34)[C@@H](O)C2)c(C)n1. The van der Waals surface area contributed by atoms with Gasteiger partial charge in [-0.15, -0.1) is 0 Å². The van der Waals surface area contributed by atoms with Gasteiger partial charge in [-0.3, -0.25) is 14.6 Å². The van der Waals surface area contributed by atoms with E-state index in [1.807, 2.05) is 23.0 Å². The second-order valence-electron chi connectivity index (χ2n) is 7.72. The first-order valence-corrected chi connectivity index (χ1v) is 9.90. The summed E-state index contributed by atoms with van der Waals surface area (Å²) in [4.78, 5) is 6.81. The first kappa shape index (κ1) is 18.1. The fourth-order valence-corrected chi connectivity index (χ4v) is 4.19. The number of β-amino-alcohol motifs (C(OH)–C–C–N with tert-alkyl or cyclic N) is 1. The molecule has 1 aliphatic rings. The molecule has 1 aromatic carbocycles. The third-order valence-electron chi connectivity index (χ3n) is 5.60. The Morgan fingerprint density at radius 2 is 2.00 bits per heavy atom. The molecule has 1 fully saturated rings. The number of hydrogen-bond acceptors (Lipinski definition) is 4. The van der Waals surface area contributed by atoms with Crippen molar-refractivity contribution in [3.05, 3.63) is 59.5 Å². The van der Waals surface area contributed by atoms with Gasteiger partial charge in [0.2, 0.25) is 0 Å². The van der Waals surface area contributed by atoms with Gasteiger partial charge >= 0.3 is 0 Å². The second-order valence-corrected chi connectivity index (χ2v) is 7.72. The molecule has 2 aromatic heterocycles. The molecule has 142 valence electrons. The van der Waals surface area contributed by atoms with Crippen molar-refractivity contribution in [2.75, 3.05) is 13.1 Å². The van der Waals surface area contributed by atoms with E-state index in [2.05, 4.69) is 53.2 Å². The largest absolute Gasteiger partial charge is 0.391 e. The molecule has 27 heavy (non-hydrogen) atoms. The minimum Gasteiger partial charge on any atom is -0.391 e. The quantitative estimate of drug-likeness (QED) is 0.730. The summed E-state index contributed by atoms with van der Waals surface area (Å²) in [5, 5.41) is 16.5. The fourth-order valence-electron chi connectivity index (χ4n) is 4.19. The topological polar surface area (TPSA) is 54.2 Å². The third-order valence-corrected chi connectivity index (χ3v) is 5.60. The highest BCUT2D eigenvalue weighted by Gasteiger charge is 2.32. The van der Waals surface area contributed by atoms with Crippen LogP contribution in [0.2, 0.25) is 0 Å². The van der Waals surface area contributed by atoms with E-state index in [0.717, 1.165) is 50.2 Å². The van der Waals surface area contributed by atoms with Gasteiger partial charge in [0.15, 0.2) is 0 Å². The number of aryl methyl sites for hydroxylation is 2. The van der Waals surface area contributed by atoms with Crippen molar-refractivity contribution in [1.29, 1.82) is 0 Å². The van der Waals surface area contributed by atoms with Crippen molar-refractivity contribution in [2.24, 2.45) is 5.92 Å². The van der Waals surface area contributed by atoms with Gasteiger partial charge in [-0.1, -0.05) is 25.1 Å². The van der Waals surface area contributed by atoms with Gasteiger partial charge in [-0.05, 0) is 37.5 Å². The molecule has 4 rings (SSSR count). The van der Waals surface area contributed by atoms with Crippen molar-refractivity contribution < 1.29 is 5.11 Å². The van der Waals surface area contributed by atoms with E-state index >= 15 is 0 Å². The Morgan fingerprint density at radius 3 is 2.85 bits per heavy atom. The summed E-state index contributed by atoms with van der Waals surface area (Å²) in [6.45, 7) is 7.71. The normalized spacial score (nSPS) is 20.6. The minimum absolute atomic E-state index is 0.252. The summed E-state index contributed by atoms with van der Waals surface area (Å²) in [6.07, 6.45) is 5.72. The van der Waals surface area contributed by atoms with E-state index in [9.17, 15) is 5.11 Å². The van der Waals surface area contributed by atoms with Crippen LogP contribution in [0.3, 0.4) is 0 Å². The number of para-hydroxylation sites is 1. The van der Waals surface area contributed by atoms with E-state index in [4.69, 9.17) is 0 Å². The van der Waals surface area contributed by atoms with Crippen LogP contribution >= 0.6 is 0 Å². The molecule has 1 N–H and O–H groups in total. The lowest BCUT2D eigenvalue weighted by molar-refractivity contribution is 0.141. The molecule has 2 atom stereocenters. The van der Waals surface area contributed by atoms with Crippen molar-refractivity contribution in [3.63, 3.8) is 0 Å². The van der Waals surface area contributed by atoms with Crippen LogP contribution in [0.5, 0.6) is 0 Å². The van der Waals surface area contributed by atoms with Crippen LogP contribution in [0, 0.1) is 12.8 Å². The smallest absolute Gasteiger partial charge is 0.0710 e. The number of nitrogens with zero attached hydrogens (tertiary/aromatic N) is 4. The van der Waals surface area contributed by atoms with Gasteiger partial charge in [0.25, 0.3) is 0 Å². The number of aliphatic hydroxyl groups excluding tert-OH is 1. The summed E-state index contributed by atoms with van der Waals surface area (Å²) in [5.41, 5.74) is 4.67. The first-order chi connectivity index (χ1) is 13.1. The molecule has 5 heteroatoms. The zero-order valence-electron chi connectivity index (χ0n) is 16.2. The van der Waals surface area contributed by atoms with E-state index in [1.165, 1.54) is 16.5 Å². The monoisotopic (exact) mass is 364 g/mol. The zero-order chi connectivity index (χ0) is 18.8. The maximum absolute atomic E-state index is 10.7. The number of likely N-dealkylation sites (tertiary alicyclic amines) is 1. The zero-order valence-corrected chi connectivity index (χ0v) is 16.2. The van der Waals surface area contributed by atoms with Crippen LogP contribution in [-0.2, 0) is 19.5 Å². The van der Waals surface area contributed by atoms with Crippen molar-refractivity contribution in [3.8, 4) is 0 Å². The third kappa shape index (κ3) is 3.89. The first-order valence-electron chi connectivity index (χ1n) is 9.90. The van der Waals surface area contributed by atoms with E-state index in [1.54, 1.807) is 0 Å². The van der Waals surface area contributed by atoms with E-state index in [0.29, 0.717) is 0 Å². The molecule has 0 saturated carbocycles. The number of fused-ring (bicyclic) bond motifs is 1. The summed E-state index contributed by atoms with van der Waals surface area (Å²) < 4.78 is 2.04.